The van der Waals surface area contributed by atoms with Crippen LogP contribution in [0.25, 0.3) is 0 Å². The Morgan fingerprint density at radius 3 is 2.58 bits per heavy atom. The van der Waals surface area contributed by atoms with Crippen molar-refractivity contribution < 1.29 is 9.53 Å². The fourth-order valence-corrected chi connectivity index (χ4v) is 3.18. The maximum absolute atomic E-state index is 12.3. The fraction of sp³-hybridized carbons (Fsp3) is 0.929. The van der Waals surface area contributed by atoms with Gasteiger partial charge in [0.1, 0.15) is 0 Å². The molecule has 0 radical (unpaired) electrons. The smallest absolute Gasteiger partial charge is 0.236 e. The van der Waals surface area contributed by atoms with Crippen LogP contribution in [0.4, 0.5) is 0 Å². The average molecular weight is 269 g/mol. The molecule has 5 nitrogen and oxygen atoms in total. The summed E-state index contributed by atoms with van der Waals surface area (Å²) in [6, 6.07) is 0. The third kappa shape index (κ3) is 4.16. The first-order chi connectivity index (χ1) is 9.08. The van der Waals surface area contributed by atoms with Gasteiger partial charge in [-0.05, 0) is 46.3 Å². The van der Waals surface area contributed by atoms with Crippen molar-refractivity contribution in [3.8, 4) is 0 Å². The van der Waals surface area contributed by atoms with E-state index < -0.39 is 0 Å². The molecular weight excluding hydrogens is 242 g/mol. The molecule has 2 aliphatic heterocycles. The molecule has 0 aromatic rings. The zero-order chi connectivity index (χ0) is 13.8. The number of rotatable bonds is 4. The molecule has 1 amide bonds. The van der Waals surface area contributed by atoms with Crippen molar-refractivity contribution in [2.75, 3.05) is 46.3 Å². The molecule has 5 heteroatoms. The normalized spacial score (nSPS) is 32.8. The van der Waals surface area contributed by atoms with E-state index in [1.165, 1.54) is 6.42 Å². The van der Waals surface area contributed by atoms with E-state index in [4.69, 9.17) is 4.74 Å². The van der Waals surface area contributed by atoms with E-state index in [0.29, 0.717) is 12.5 Å². The molecule has 3 atom stereocenters. The summed E-state index contributed by atoms with van der Waals surface area (Å²) < 4.78 is 5.67. The Hall–Kier alpha value is -0.650. The molecule has 0 spiro atoms. The standard InChI is InChI=1S/C14H27N3O2/c1-11-7-17(8-12(2)19-11)14(18)10-16-5-4-13(9-16)6-15-3/h11-13,15H,4-10H2,1-3H3. The Morgan fingerprint density at radius 2 is 1.95 bits per heavy atom. The van der Waals surface area contributed by atoms with Crippen molar-refractivity contribution in [1.82, 2.24) is 15.1 Å². The van der Waals surface area contributed by atoms with Gasteiger partial charge in [-0.3, -0.25) is 9.69 Å². The molecule has 2 rings (SSSR count). The monoisotopic (exact) mass is 269 g/mol. The van der Waals surface area contributed by atoms with E-state index >= 15 is 0 Å². The van der Waals surface area contributed by atoms with Crippen LogP contribution in [0.1, 0.15) is 20.3 Å². The predicted molar refractivity (Wildman–Crippen MR) is 75.1 cm³/mol. The summed E-state index contributed by atoms with van der Waals surface area (Å²) in [4.78, 5) is 16.6. The van der Waals surface area contributed by atoms with Gasteiger partial charge >= 0.3 is 0 Å². The van der Waals surface area contributed by atoms with Crippen molar-refractivity contribution in [3.05, 3.63) is 0 Å². The molecule has 2 aliphatic rings. The van der Waals surface area contributed by atoms with Gasteiger partial charge < -0.3 is 15.0 Å². The zero-order valence-corrected chi connectivity index (χ0v) is 12.4. The van der Waals surface area contributed by atoms with Crippen molar-refractivity contribution in [1.29, 1.82) is 0 Å². The number of nitrogens with zero attached hydrogens (tertiary/aromatic N) is 2. The third-order valence-corrected chi connectivity index (χ3v) is 3.99. The fourth-order valence-electron chi connectivity index (χ4n) is 3.18. The van der Waals surface area contributed by atoms with Gasteiger partial charge in [0.25, 0.3) is 0 Å². The third-order valence-electron chi connectivity index (χ3n) is 3.99. The zero-order valence-electron chi connectivity index (χ0n) is 12.4. The van der Waals surface area contributed by atoms with Crippen LogP contribution in [0.3, 0.4) is 0 Å². The topological polar surface area (TPSA) is 44.8 Å². The molecule has 0 saturated carbocycles. The lowest BCUT2D eigenvalue weighted by Gasteiger charge is -2.36. The minimum Gasteiger partial charge on any atom is -0.372 e. The van der Waals surface area contributed by atoms with E-state index in [0.717, 1.165) is 32.7 Å². The minimum absolute atomic E-state index is 0.156. The molecule has 2 saturated heterocycles. The lowest BCUT2D eigenvalue weighted by atomic mass is 10.1. The number of carbonyl (C=O) groups is 1. The van der Waals surface area contributed by atoms with Crippen LogP contribution < -0.4 is 5.32 Å². The summed E-state index contributed by atoms with van der Waals surface area (Å²) in [5.41, 5.74) is 0. The summed E-state index contributed by atoms with van der Waals surface area (Å²) in [7, 11) is 1.99. The summed E-state index contributed by atoms with van der Waals surface area (Å²) in [5.74, 6) is 0.951. The van der Waals surface area contributed by atoms with Crippen LogP contribution >= 0.6 is 0 Å². The number of likely N-dealkylation sites (tertiary alicyclic amines) is 1. The number of hydrogen-bond acceptors (Lipinski definition) is 4. The summed E-state index contributed by atoms with van der Waals surface area (Å²) in [6.45, 7) is 9.25. The number of amides is 1. The number of carbonyl (C=O) groups excluding carboxylic acids is 1. The first-order valence-corrected chi connectivity index (χ1v) is 7.38. The molecule has 2 fully saturated rings. The van der Waals surface area contributed by atoms with Gasteiger partial charge in [-0.15, -0.1) is 0 Å². The average Bonchev–Trinajstić information content (AvgIpc) is 2.76. The molecule has 0 aromatic carbocycles. The molecular formula is C14H27N3O2. The lowest BCUT2D eigenvalue weighted by molar-refractivity contribution is -0.144. The second-order valence-electron chi connectivity index (χ2n) is 6.00. The highest BCUT2D eigenvalue weighted by molar-refractivity contribution is 5.78. The van der Waals surface area contributed by atoms with Gasteiger partial charge in [0.2, 0.25) is 5.91 Å². The Balaban J connectivity index is 1.78. The Labute approximate surface area is 116 Å². The van der Waals surface area contributed by atoms with E-state index in [1.54, 1.807) is 0 Å². The second kappa shape index (κ2) is 6.68. The van der Waals surface area contributed by atoms with Gasteiger partial charge in [0, 0.05) is 19.6 Å². The van der Waals surface area contributed by atoms with E-state index in [9.17, 15) is 4.79 Å². The van der Waals surface area contributed by atoms with Crippen LogP contribution in [-0.4, -0.2) is 74.2 Å². The van der Waals surface area contributed by atoms with Crippen molar-refractivity contribution in [2.24, 2.45) is 5.92 Å². The van der Waals surface area contributed by atoms with E-state index in [1.807, 2.05) is 25.8 Å². The highest BCUT2D eigenvalue weighted by Crippen LogP contribution is 2.16. The van der Waals surface area contributed by atoms with Crippen molar-refractivity contribution in [3.63, 3.8) is 0 Å². The second-order valence-corrected chi connectivity index (χ2v) is 6.00. The Bertz CT molecular complexity index is 301. The van der Waals surface area contributed by atoms with Crippen molar-refractivity contribution >= 4 is 5.91 Å². The molecule has 2 heterocycles. The molecule has 0 aromatic heterocycles. The summed E-state index contributed by atoms with van der Waals surface area (Å²) in [5, 5.41) is 3.22. The molecule has 1 N–H and O–H groups in total. The molecule has 0 aliphatic carbocycles. The molecule has 0 bridgehead atoms. The first-order valence-electron chi connectivity index (χ1n) is 7.38. The molecule has 19 heavy (non-hydrogen) atoms. The maximum Gasteiger partial charge on any atom is 0.236 e. The van der Waals surface area contributed by atoms with E-state index in [2.05, 4.69) is 10.2 Å². The number of hydrogen-bond donors (Lipinski definition) is 1. The van der Waals surface area contributed by atoms with Crippen LogP contribution in [0.5, 0.6) is 0 Å². The van der Waals surface area contributed by atoms with Gasteiger partial charge in [-0.1, -0.05) is 0 Å². The highest BCUT2D eigenvalue weighted by Gasteiger charge is 2.29. The number of morpholine rings is 1. The predicted octanol–water partition coefficient (Wildman–Crippen LogP) is 0.164. The Morgan fingerprint density at radius 1 is 1.26 bits per heavy atom. The lowest BCUT2D eigenvalue weighted by Crippen LogP contribution is -2.50. The summed E-state index contributed by atoms with van der Waals surface area (Å²) in [6.07, 6.45) is 1.51. The molecule has 3 unspecified atom stereocenters. The van der Waals surface area contributed by atoms with Gasteiger partial charge in [0.05, 0.1) is 18.8 Å². The van der Waals surface area contributed by atoms with Crippen molar-refractivity contribution in [2.45, 2.75) is 32.5 Å². The number of ether oxygens (including phenoxy) is 1. The number of nitrogens with one attached hydrogen (secondary N) is 1. The quantitative estimate of drug-likeness (QED) is 0.790. The van der Waals surface area contributed by atoms with Crippen LogP contribution in [0.15, 0.2) is 0 Å². The maximum atomic E-state index is 12.3. The van der Waals surface area contributed by atoms with Crippen LogP contribution in [-0.2, 0) is 9.53 Å². The Kier molecular flexibility index (Phi) is 5.19. The summed E-state index contributed by atoms with van der Waals surface area (Å²) >= 11 is 0. The first kappa shape index (κ1) is 14.8. The highest BCUT2D eigenvalue weighted by atomic mass is 16.5. The van der Waals surface area contributed by atoms with E-state index in [-0.39, 0.29) is 18.1 Å². The van der Waals surface area contributed by atoms with Gasteiger partial charge in [-0.25, -0.2) is 0 Å². The van der Waals surface area contributed by atoms with Gasteiger partial charge in [0.15, 0.2) is 0 Å². The van der Waals surface area contributed by atoms with Gasteiger partial charge in [-0.2, -0.15) is 0 Å². The van der Waals surface area contributed by atoms with Crippen LogP contribution in [0.2, 0.25) is 0 Å². The van der Waals surface area contributed by atoms with Crippen LogP contribution in [0, 0.1) is 5.92 Å². The SMILES string of the molecule is CNCC1CCN(CC(=O)N2CC(C)OC(C)C2)C1. The largest absolute Gasteiger partial charge is 0.372 e. The molecule has 110 valence electrons. The minimum atomic E-state index is 0.156.